The fourth-order valence-electron chi connectivity index (χ4n) is 2.91. The molecule has 1 N–H and O–H groups in total. The van der Waals surface area contributed by atoms with Gasteiger partial charge in [-0.2, -0.15) is 0 Å². The van der Waals surface area contributed by atoms with Gasteiger partial charge in [0.1, 0.15) is 5.75 Å². The zero-order valence-electron chi connectivity index (χ0n) is 11.1. The highest BCUT2D eigenvalue weighted by molar-refractivity contribution is 5.40. The van der Waals surface area contributed by atoms with E-state index in [1.54, 1.807) is 0 Å². The van der Waals surface area contributed by atoms with Crippen molar-refractivity contribution >= 4 is 0 Å². The molecule has 1 aliphatic rings. The van der Waals surface area contributed by atoms with Crippen LogP contribution in [-0.4, -0.2) is 23.1 Å². The number of hydrogen-bond acceptors (Lipinski definition) is 2. The van der Waals surface area contributed by atoms with Crippen LogP contribution in [0.15, 0.2) is 18.2 Å². The van der Waals surface area contributed by atoms with Gasteiger partial charge in [-0.1, -0.05) is 26.8 Å². The van der Waals surface area contributed by atoms with Gasteiger partial charge in [-0.15, -0.1) is 0 Å². The normalized spacial score (nSPS) is 19.0. The molecule has 0 bridgehead atoms. The van der Waals surface area contributed by atoms with Gasteiger partial charge >= 0.3 is 0 Å². The molecule has 0 aliphatic heterocycles. The molecule has 17 heavy (non-hydrogen) atoms. The summed E-state index contributed by atoms with van der Waals surface area (Å²) in [6, 6.07) is 6.41. The van der Waals surface area contributed by atoms with Crippen molar-refractivity contribution in [1.82, 2.24) is 4.90 Å². The zero-order chi connectivity index (χ0) is 12.4. The molecule has 1 aromatic rings. The van der Waals surface area contributed by atoms with Crippen LogP contribution in [0.2, 0.25) is 0 Å². The Bertz CT molecular complexity index is 387. The van der Waals surface area contributed by atoms with Crippen LogP contribution in [0.4, 0.5) is 0 Å². The van der Waals surface area contributed by atoms with E-state index in [2.05, 4.69) is 31.7 Å². The highest BCUT2D eigenvalue weighted by Gasteiger charge is 2.27. The Kier molecular flexibility index (Phi) is 3.72. The second-order valence-electron chi connectivity index (χ2n) is 5.42. The number of aryl methyl sites for hydroxylation is 1. The van der Waals surface area contributed by atoms with E-state index in [0.717, 1.165) is 19.5 Å². The van der Waals surface area contributed by atoms with E-state index >= 15 is 0 Å². The number of hydrogen-bond donors (Lipinski definition) is 1. The average Bonchev–Trinajstić information content (AvgIpc) is 2.68. The van der Waals surface area contributed by atoms with Crippen molar-refractivity contribution in [2.24, 2.45) is 5.92 Å². The number of nitrogens with zero attached hydrogens (tertiary/aromatic N) is 1. The minimum Gasteiger partial charge on any atom is -0.508 e. The third kappa shape index (κ3) is 2.63. The lowest BCUT2D eigenvalue weighted by molar-refractivity contribution is 0.184. The summed E-state index contributed by atoms with van der Waals surface area (Å²) in [5, 5.41) is 9.51. The summed E-state index contributed by atoms with van der Waals surface area (Å²) in [6.07, 6.45) is 2.29. The van der Waals surface area contributed by atoms with Gasteiger partial charge in [-0.25, -0.2) is 0 Å². The van der Waals surface area contributed by atoms with Crippen molar-refractivity contribution in [2.45, 2.75) is 39.7 Å². The van der Waals surface area contributed by atoms with Crippen molar-refractivity contribution in [2.75, 3.05) is 13.1 Å². The van der Waals surface area contributed by atoms with Gasteiger partial charge in [-0.3, -0.25) is 4.90 Å². The lowest BCUT2D eigenvalue weighted by atomic mass is 10.1. The molecule has 0 saturated carbocycles. The van der Waals surface area contributed by atoms with Crippen LogP contribution in [0.1, 0.15) is 44.4 Å². The Morgan fingerprint density at radius 1 is 1.41 bits per heavy atom. The molecule has 0 spiro atoms. The van der Waals surface area contributed by atoms with E-state index in [1.807, 2.05) is 12.1 Å². The molecule has 1 unspecified atom stereocenters. The number of rotatable bonds is 4. The first-order chi connectivity index (χ1) is 8.11. The summed E-state index contributed by atoms with van der Waals surface area (Å²) in [5.74, 6) is 1.10. The predicted octanol–water partition coefficient (Wildman–Crippen LogP) is 3.36. The maximum atomic E-state index is 9.51. The molecule has 1 atom stereocenters. The van der Waals surface area contributed by atoms with E-state index in [1.165, 1.54) is 17.5 Å². The van der Waals surface area contributed by atoms with Gasteiger partial charge in [0, 0.05) is 12.6 Å². The van der Waals surface area contributed by atoms with Crippen LogP contribution in [0.5, 0.6) is 5.75 Å². The van der Waals surface area contributed by atoms with E-state index in [0.29, 0.717) is 17.7 Å². The van der Waals surface area contributed by atoms with E-state index in [9.17, 15) is 5.11 Å². The number of phenols is 1. The molecule has 94 valence electrons. The van der Waals surface area contributed by atoms with Crippen molar-refractivity contribution in [3.63, 3.8) is 0 Å². The fourth-order valence-corrected chi connectivity index (χ4v) is 2.91. The Morgan fingerprint density at radius 3 is 2.82 bits per heavy atom. The topological polar surface area (TPSA) is 23.5 Å². The first kappa shape index (κ1) is 12.4. The van der Waals surface area contributed by atoms with Gasteiger partial charge < -0.3 is 5.11 Å². The number of benzene rings is 1. The number of aromatic hydroxyl groups is 1. The maximum absolute atomic E-state index is 9.51. The molecule has 2 heteroatoms. The average molecular weight is 233 g/mol. The highest BCUT2D eigenvalue weighted by atomic mass is 16.3. The van der Waals surface area contributed by atoms with E-state index in [4.69, 9.17) is 0 Å². The molecular weight excluding hydrogens is 210 g/mol. The molecule has 2 nitrogen and oxygen atoms in total. The molecule has 0 fully saturated rings. The molecule has 1 aliphatic carbocycles. The standard InChI is InChI=1S/C15H23NO/c1-4-16(10-11(2)3)15-8-5-12-9-13(17)6-7-14(12)15/h6-7,9,11,15,17H,4-5,8,10H2,1-3H3. The van der Waals surface area contributed by atoms with Crippen LogP contribution in [0.3, 0.4) is 0 Å². The van der Waals surface area contributed by atoms with Gasteiger partial charge in [0.2, 0.25) is 0 Å². The highest BCUT2D eigenvalue weighted by Crippen LogP contribution is 2.37. The van der Waals surface area contributed by atoms with Crippen LogP contribution in [0.25, 0.3) is 0 Å². The van der Waals surface area contributed by atoms with Gasteiger partial charge in [0.05, 0.1) is 0 Å². The van der Waals surface area contributed by atoms with Gasteiger partial charge in [0.25, 0.3) is 0 Å². The maximum Gasteiger partial charge on any atom is 0.115 e. The minimum atomic E-state index is 0.399. The molecule has 1 aromatic carbocycles. The quantitative estimate of drug-likeness (QED) is 0.862. The summed E-state index contributed by atoms with van der Waals surface area (Å²) in [7, 11) is 0. The van der Waals surface area contributed by atoms with E-state index < -0.39 is 0 Å². The molecule has 0 saturated heterocycles. The molecule has 2 rings (SSSR count). The Labute approximate surface area is 104 Å². The summed E-state index contributed by atoms with van der Waals surface area (Å²) in [6.45, 7) is 9.04. The molecule has 0 heterocycles. The third-order valence-electron chi connectivity index (χ3n) is 3.62. The van der Waals surface area contributed by atoms with Gasteiger partial charge in [-0.05, 0) is 48.6 Å². The molecule has 0 aromatic heterocycles. The molecule has 0 radical (unpaired) electrons. The van der Waals surface area contributed by atoms with Crippen molar-refractivity contribution in [1.29, 1.82) is 0 Å². The third-order valence-corrected chi connectivity index (χ3v) is 3.62. The van der Waals surface area contributed by atoms with Crippen LogP contribution in [0, 0.1) is 5.92 Å². The smallest absolute Gasteiger partial charge is 0.115 e. The summed E-state index contributed by atoms with van der Waals surface area (Å²) in [4.78, 5) is 2.56. The van der Waals surface area contributed by atoms with Crippen molar-refractivity contribution < 1.29 is 5.11 Å². The second kappa shape index (κ2) is 5.09. The van der Waals surface area contributed by atoms with Crippen LogP contribution >= 0.6 is 0 Å². The second-order valence-corrected chi connectivity index (χ2v) is 5.42. The van der Waals surface area contributed by atoms with E-state index in [-0.39, 0.29) is 0 Å². The zero-order valence-corrected chi connectivity index (χ0v) is 11.1. The predicted molar refractivity (Wildman–Crippen MR) is 71.3 cm³/mol. The van der Waals surface area contributed by atoms with Crippen LogP contribution in [-0.2, 0) is 6.42 Å². The Balaban J connectivity index is 2.20. The first-order valence-corrected chi connectivity index (χ1v) is 6.67. The number of fused-ring (bicyclic) bond motifs is 1. The molecule has 0 amide bonds. The monoisotopic (exact) mass is 233 g/mol. The van der Waals surface area contributed by atoms with Crippen molar-refractivity contribution in [3.05, 3.63) is 29.3 Å². The summed E-state index contributed by atoms with van der Waals surface area (Å²) < 4.78 is 0. The van der Waals surface area contributed by atoms with Crippen LogP contribution < -0.4 is 0 Å². The molecular formula is C15H23NO. The number of phenolic OH excluding ortho intramolecular Hbond substituents is 1. The first-order valence-electron chi connectivity index (χ1n) is 6.67. The SMILES string of the molecule is CCN(CC(C)C)C1CCc2cc(O)ccc21. The Hall–Kier alpha value is -1.02. The summed E-state index contributed by atoms with van der Waals surface area (Å²) in [5.41, 5.74) is 2.75. The minimum absolute atomic E-state index is 0.399. The van der Waals surface area contributed by atoms with Gasteiger partial charge in [0.15, 0.2) is 0 Å². The lowest BCUT2D eigenvalue weighted by Gasteiger charge is -2.29. The fraction of sp³-hybridized carbons (Fsp3) is 0.600. The lowest BCUT2D eigenvalue weighted by Crippen LogP contribution is -2.30. The largest absolute Gasteiger partial charge is 0.508 e. The summed E-state index contributed by atoms with van der Waals surface area (Å²) >= 11 is 0. The van der Waals surface area contributed by atoms with Crippen molar-refractivity contribution in [3.8, 4) is 5.75 Å². The Morgan fingerprint density at radius 2 is 2.18 bits per heavy atom.